The number of amides is 2. The molecule has 2 aromatic carbocycles. The Morgan fingerprint density at radius 1 is 0.971 bits per heavy atom. The molecular formula is C29H35N3O3. The minimum absolute atomic E-state index is 0.00415. The Morgan fingerprint density at radius 3 is 2.23 bits per heavy atom. The average Bonchev–Trinajstić information content (AvgIpc) is 3.30. The highest BCUT2D eigenvalue weighted by Gasteiger charge is 2.37. The van der Waals surface area contributed by atoms with Gasteiger partial charge >= 0.3 is 0 Å². The number of aromatic nitrogens is 1. The lowest BCUT2D eigenvalue weighted by Crippen LogP contribution is -2.49. The van der Waals surface area contributed by atoms with Crippen LogP contribution in [0.3, 0.4) is 0 Å². The third kappa shape index (κ3) is 4.97. The Labute approximate surface area is 208 Å². The van der Waals surface area contributed by atoms with Crippen LogP contribution in [-0.2, 0) is 9.59 Å². The minimum atomic E-state index is -0.329. The predicted molar refractivity (Wildman–Crippen MR) is 139 cm³/mol. The third-order valence-corrected chi connectivity index (χ3v) is 6.35. The Balaban J connectivity index is 1.77. The summed E-state index contributed by atoms with van der Waals surface area (Å²) >= 11 is 0. The molecule has 0 radical (unpaired) electrons. The van der Waals surface area contributed by atoms with E-state index in [1.54, 1.807) is 12.0 Å². The van der Waals surface area contributed by atoms with E-state index in [-0.39, 0.29) is 35.9 Å². The number of carbonyl (C=O) groups is 2. The molecule has 1 aliphatic rings. The molecule has 2 amide bonds. The second-order valence-electron chi connectivity index (χ2n) is 10.6. The van der Waals surface area contributed by atoms with Crippen molar-refractivity contribution in [3.63, 3.8) is 0 Å². The van der Waals surface area contributed by atoms with Crippen LogP contribution in [0, 0.1) is 5.41 Å². The van der Waals surface area contributed by atoms with Crippen LogP contribution in [0.4, 0.5) is 5.69 Å². The van der Waals surface area contributed by atoms with E-state index in [2.05, 4.69) is 10.6 Å². The van der Waals surface area contributed by atoms with E-state index >= 15 is 0 Å². The van der Waals surface area contributed by atoms with Crippen molar-refractivity contribution in [3.05, 3.63) is 78.1 Å². The van der Waals surface area contributed by atoms with Gasteiger partial charge in [0.1, 0.15) is 18.3 Å². The van der Waals surface area contributed by atoms with Crippen molar-refractivity contribution in [2.75, 3.05) is 18.6 Å². The van der Waals surface area contributed by atoms with Gasteiger partial charge in [0.05, 0.1) is 24.2 Å². The van der Waals surface area contributed by atoms with Crippen molar-refractivity contribution in [2.45, 2.75) is 53.1 Å². The van der Waals surface area contributed by atoms with E-state index in [9.17, 15) is 9.59 Å². The zero-order valence-corrected chi connectivity index (χ0v) is 21.5. The molecule has 6 heteroatoms. The molecule has 3 aromatic rings. The molecule has 0 bridgehead atoms. The SMILES string of the molecule is COc1ccc(C2c3cccn3-c3ccccc3N2C(=O)CN(C(=O)CC(C)(C)C)C(C)C)cc1. The molecule has 0 spiro atoms. The smallest absolute Gasteiger partial charge is 0.247 e. The van der Waals surface area contributed by atoms with Gasteiger partial charge in [-0.15, -0.1) is 0 Å². The topological polar surface area (TPSA) is 54.8 Å². The van der Waals surface area contributed by atoms with Crippen LogP contribution in [-0.4, -0.2) is 41.0 Å². The number of ether oxygens (including phenoxy) is 1. The number of fused-ring (bicyclic) bond motifs is 3. The summed E-state index contributed by atoms with van der Waals surface area (Å²) in [6, 6.07) is 19.4. The second-order valence-corrected chi connectivity index (χ2v) is 10.6. The van der Waals surface area contributed by atoms with Crippen LogP contribution in [0.2, 0.25) is 0 Å². The molecule has 4 rings (SSSR count). The van der Waals surface area contributed by atoms with Gasteiger partial charge in [-0.25, -0.2) is 0 Å². The highest BCUT2D eigenvalue weighted by molar-refractivity contribution is 6.00. The van der Waals surface area contributed by atoms with Crippen LogP contribution in [0.25, 0.3) is 5.69 Å². The van der Waals surface area contributed by atoms with Gasteiger partial charge in [-0.1, -0.05) is 45.0 Å². The monoisotopic (exact) mass is 473 g/mol. The molecule has 184 valence electrons. The quantitative estimate of drug-likeness (QED) is 0.469. The molecule has 0 fully saturated rings. The molecule has 0 aliphatic carbocycles. The summed E-state index contributed by atoms with van der Waals surface area (Å²) in [6.07, 6.45) is 2.42. The summed E-state index contributed by atoms with van der Waals surface area (Å²) in [7, 11) is 1.64. The first-order valence-corrected chi connectivity index (χ1v) is 12.1. The molecule has 1 aliphatic heterocycles. The Hall–Kier alpha value is -3.54. The average molecular weight is 474 g/mol. The van der Waals surface area contributed by atoms with E-state index in [1.807, 2.05) is 100 Å². The molecule has 0 saturated carbocycles. The van der Waals surface area contributed by atoms with Crippen molar-refractivity contribution < 1.29 is 14.3 Å². The van der Waals surface area contributed by atoms with Crippen LogP contribution >= 0.6 is 0 Å². The van der Waals surface area contributed by atoms with Gasteiger partial charge in [0, 0.05) is 18.7 Å². The number of hydrogen-bond donors (Lipinski definition) is 0. The number of nitrogens with zero attached hydrogens (tertiary/aromatic N) is 3. The predicted octanol–water partition coefficient (Wildman–Crippen LogP) is 5.60. The van der Waals surface area contributed by atoms with Gasteiger partial charge < -0.3 is 14.2 Å². The lowest BCUT2D eigenvalue weighted by Gasteiger charge is -2.40. The zero-order chi connectivity index (χ0) is 25.3. The Morgan fingerprint density at radius 2 is 1.63 bits per heavy atom. The van der Waals surface area contributed by atoms with Crippen molar-refractivity contribution in [2.24, 2.45) is 5.41 Å². The minimum Gasteiger partial charge on any atom is -0.497 e. The maximum absolute atomic E-state index is 14.1. The lowest BCUT2D eigenvalue weighted by atomic mass is 9.91. The summed E-state index contributed by atoms with van der Waals surface area (Å²) in [4.78, 5) is 30.8. The molecule has 1 unspecified atom stereocenters. The first-order valence-electron chi connectivity index (χ1n) is 12.1. The molecule has 0 N–H and O–H groups in total. The first kappa shape index (κ1) is 24.6. The normalized spacial score (nSPS) is 14.9. The summed E-state index contributed by atoms with van der Waals surface area (Å²) < 4.78 is 7.49. The van der Waals surface area contributed by atoms with Crippen molar-refractivity contribution in [1.82, 2.24) is 9.47 Å². The first-order chi connectivity index (χ1) is 16.6. The maximum atomic E-state index is 14.1. The summed E-state index contributed by atoms with van der Waals surface area (Å²) in [5, 5.41) is 0. The number of rotatable bonds is 6. The van der Waals surface area contributed by atoms with E-state index in [1.165, 1.54) is 0 Å². The highest BCUT2D eigenvalue weighted by atomic mass is 16.5. The van der Waals surface area contributed by atoms with E-state index in [0.717, 1.165) is 28.4 Å². The summed E-state index contributed by atoms with van der Waals surface area (Å²) in [5.74, 6) is 0.647. The van der Waals surface area contributed by atoms with E-state index < -0.39 is 0 Å². The van der Waals surface area contributed by atoms with Gasteiger partial charge in [0.2, 0.25) is 11.8 Å². The van der Waals surface area contributed by atoms with Crippen LogP contribution in [0.5, 0.6) is 5.75 Å². The van der Waals surface area contributed by atoms with Gasteiger partial charge in [-0.2, -0.15) is 0 Å². The molecule has 2 heterocycles. The number of benzene rings is 2. The zero-order valence-electron chi connectivity index (χ0n) is 21.5. The number of methoxy groups -OCH3 is 1. The molecule has 1 atom stereocenters. The number of hydrogen-bond acceptors (Lipinski definition) is 3. The summed E-state index contributed by atoms with van der Waals surface area (Å²) in [6.45, 7) is 10.1. The van der Waals surface area contributed by atoms with Gasteiger partial charge in [-0.05, 0) is 61.2 Å². The fraction of sp³-hybridized carbons (Fsp3) is 0.379. The van der Waals surface area contributed by atoms with Gasteiger partial charge in [0.15, 0.2) is 0 Å². The van der Waals surface area contributed by atoms with E-state index in [0.29, 0.717) is 6.42 Å². The van der Waals surface area contributed by atoms with Crippen LogP contribution < -0.4 is 9.64 Å². The number of carbonyl (C=O) groups excluding carboxylic acids is 2. The number of anilines is 1. The fourth-order valence-electron chi connectivity index (χ4n) is 4.70. The largest absolute Gasteiger partial charge is 0.497 e. The van der Waals surface area contributed by atoms with E-state index in [4.69, 9.17) is 4.74 Å². The van der Waals surface area contributed by atoms with Crippen LogP contribution in [0.15, 0.2) is 66.9 Å². The highest BCUT2D eigenvalue weighted by Crippen LogP contribution is 2.42. The standard InChI is InChI=1S/C29H35N3O3/c1-20(2)31(26(33)18-29(3,4)5)19-27(34)32-24-11-8-7-10-23(24)30-17-9-12-25(30)28(32)21-13-15-22(35-6)16-14-21/h7-17,20,28H,18-19H2,1-6H3. The Kier molecular flexibility index (Phi) is 6.75. The van der Waals surface area contributed by atoms with Crippen molar-refractivity contribution >= 4 is 17.5 Å². The lowest BCUT2D eigenvalue weighted by molar-refractivity contribution is -0.138. The maximum Gasteiger partial charge on any atom is 0.247 e. The fourth-order valence-corrected chi connectivity index (χ4v) is 4.70. The van der Waals surface area contributed by atoms with Crippen molar-refractivity contribution in [3.8, 4) is 11.4 Å². The molecule has 35 heavy (non-hydrogen) atoms. The van der Waals surface area contributed by atoms with Crippen molar-refractivity contribution in [1.29, 1.82) is 0 Å². The molecule has 0 saturated heterocycles. The Bertz CT molecular complexity index is 1200. The van der Waals surface area contributed by atoms with Gasteiger partial charge in [0.25, 0.3) is 0 Å². The van der Waals surface area contributed by atoms with Gasteiger partial charge in [-0.3, -0.25) is 14.5 Å². The molecule has 1 aromatic heterocycles. The second kappa shape index (κ2) is 9.61. The molecular weight excluding hydrogens is 438 g/mol. The molecule has 6 nitrogen and oxygen atoms in total. The number of para-hydroxylation sites is 2. The summed E-state index contributed by atoms with van der Waals surface area (Å²) in [5.41, 5.74) is 3.60. The third-order valence-electron chi connectivity index (χ3n) is 6.35. The van der Waals surface area contributed by atoms with Crippen LogP contribution in [0.1, 0.15) is 58.3 Å².